The minimum absolute atomic E-state index is 0.283. The normalized spacial score (nSPS) is 17.2. The van der Waals surface area contributed by atoms with E-state index >= 15 is 0 Å². The van der Waals surface area contributed by atoms with Crippen LogP contribution in [0.25, 0.3) is 0 Å². The second-order valence-corrected chi connectivity index (χ2v) is 4.36. The summed E-state index contributed by atoms with van der Waals surface area (Å²) < 4.78 is 0. The van der Waals surface area contributed by atoms with Crippen LogP contribution in [0.15, 0.2) is 12.1 Å². The maximum absolute atomic E-state index is 8.85. The van der Waals surface area contributed by atoms with Crippen molar-refractivity contribution in [3.8, 4) is 6.07 Å². The molecule has 1 fully saturated rings. The van der Waals surface area contributed by atoms with Crippen molar-refractivity contribution in [2.24, 2.45) is 5.73 Å². The monoisotopic (exact) mass is 236 g/mol. The van der Waals surface area contributed by atoms with Crippen LogP contribution < -0.4 is 10.6 Å². The van der Waals surface area contributed by atoms with Gasteiger partial charge < -0.3 is 10.6 Å². The Hall–Kier alpha value is -1.31. The third-order valence-electron chi connectivity index (χ3n) is 2.77. The SMILES string of the molecule is N#Cc1cc(Cl)nc(N2CCC(N)CC2)c1. The maximum Gasteiger partial charge on any atom is 0.132 e. The van der Waals surface area contributed by atoms with E-state index < -0.39 is 0 Å². The zero-order valence-electron chi connectivity index (χ0n) is 8.86. The molecule has 0 saturated carbocycles. The number of nitrogens with two attached hydrogens (primary N) is 1. The van der Waals surface area contributed by atoms with Gasteiger partial charge in [0.05, 0.1) is 11.6 Å². The minimum atomic E-state index is 0.283. The second kappa shape index (κ2) is 4.69. The van der Waals surface area contributed by atoms with Crippen LogP contribution in [-0.4, -0.2) is 24.1 Å². The van der Waals surface area contributed by atoms with E-state index in [2.05, 4.69) is 16.0 Å². The zero-order chi connectivity index (χ0) is 11.5. The average Bonchev–Trinajstić information content (AvgIpc) is 2.29. The number of piperidine rings is 1. The zero-order valence-corrected chi connectivity index (χ0v) is 9.61. The van der Waals surface area contributed by atoms with Gasteiger partial charge in [-0.25, -0.2) is 4.98 Å². The summed E-state index contributed by atoms with van der Waals surface area (Å²) in [5.41, 5.74) is 6.38. The van der Waals surface area contributed by atoms with Crippen molar-refractivity contribution in [2.75, 3.05) is 18.0 Å². The molecular formula is C11H13ClN4. The van der Waals surface area contributed by atoms with Crippen molar-refractivity contribution < 1.29 is 0 Å². The van der Waals surface area contributed by atoms with Gasteiger partial charge in [-0.3, -0.25) is 0 Å². The summed E-state index contributed by atoms with van der Waals surface area (Å²) in [6.07, 6.45) is 1.91. The second-order valence-electron chi connectivity index (χ2n) is 3.97. The summed E-state index contributed by atoms with van der Waals surface area (Å²) in [5.74, 6) is 0.774. The Morgan fingerprint density at radius 2 is 2.12 bits per heavy atom. The first-order chi connectivity index (χ1) is 7.69. The van der Waals surface area contributed by atoms with Gasteiger partial charge in [-0.2, -0.15) is 5.26 Å². The van der Waals surface area contributed by atoms with E-state index in [1.54, 1.807) is 12.1 Å². The van der Waals surface area contributed by atoms with Crippen LogP contribution in [0.1, 0.15) is 18.4 Å². The molecule has 1 aliphatic rings. The van der Waals surface area contributed by atoms with Gasteiger partial charge in [0.2, 0.25) is 0 Å². The van der Waals surface area contributed by atoms with Gasteiger partial charge in [-0.15, -0.1) is 0 Å². The van der Waals surface area contributed by atoms with Crippen LogP contribution in [0.2, 0.25) is 5.15 Å². The third-order valence-corrected chi connectivity index (χ3v) is 2.97. The highest BCUT2D eigenvalue weighted by Crippen LogP contribution is 2.21. The molecule has 2 rings (SSSR count). The summed E-state index contributed by atoms with van der Waals surface area (Å²) in [6.45, 7) is 1.75. The molecule has 0 atom stereocenters. The van der Waals surface area contributed by atoms with Crippen LogP contribution in [0.5, 0.6) is 0 Å². The molecule has 0 unspecified atom stereocenters. The quantitative estimate of drug-likeness (QED) is 0.751. The van der Waals surface area contributed by atoms with Crippen LogP contribution in [0.4, 0.5) is 5.82 Å². The van der Waals surface area contributed by atoms with Gasteiger partial charge in [0.15, 0.2) is 0 Å². The number of hydrogen-bond donors (Lipinski definition) is 1. The van der Waals surface area contributed by atoms with Crippen LogP contribution >= 0.6 is 11.6 Å². The first kappa shape index (κ1) is 11.2. The molecule has 0 aliphatic carbocycles. The molecule has 1 saturated heterocycles. The Morgan fingerprint density at radius 1 is 1.44 bits per heavy atom. The fraction of sp³-hybridized carbons (Fsp3) is 0.455. The first-order valence-electron chi connectivity index (χ1n) is 5.27. The smallest absolute Gasteiger partial charge is 0.132 e. The van der Waals surface area contributed by atoms with E-state index in [0.717, 1.165) is 31.7 Å². The molecule has 5 heteroatoms. The van der Waals surface area contributed by atoms with E-state index in [4.69, 9.17) is 22.6 Å². The van der Waals surface area contributed by atoms with E-state index in [0.29, 0.717) is 10.7 Å². The molecule has 16 heavy (non-hydrogen) atoms. The predicted molar refractivity (Wildman–Crippen MR) is 63.4 cm³/mol. The van der Waals surface area contributed by atoms with Crippen molar-refractivity contribution in [2.45, 2.75) is 18.9 Å². The van der Waals surface area contributed by atoms with E-state index in [1.807, 2.05) is 0 Å². The van der Waals surface area contributed by atoms with Gasteiger partial charge >= 0.3 is 0 Å². The van der Waals surface area contributed by atoms with Crippen molar-refractivity contribution in [1.29, 1.82) is 5.26 Å². The number of aromatic nitrogens is 1. The highest BCUT2D eigenvalue weighted by molar-refractivity contribution is 6.29. The Balaban J connectivity index is 2.20. The van der Waals surface area contributed by atoms with Gasteiger partial charge in [0.25, 0.3) is 0 Å². The average molecular weight is 237 g/mol. The molecular weight excluding hydrogens is 224 g/mol. The van der Waals surface area contributed by atoms with Gasteiger partial charge in [0.1, 0.15) is 11.0 Å². The Bertz CT molecular complexity index is 418. The number of halogens is 1. The lowest BCUT2D eigenvalue weighted by Crippen LogP contribution is -2.40. The van der Waals surface area contributed by atoms with Gasteiger partial charge in [-0.1, -0.05) is 11.6 Å². The number of rotatable bonds is 1. The molecule has 1 aromatic heterocycles. The van der Waals surface area contributed by atoms with Crippen LogP contribution in [-0.2, 0) is 0 Å². The molecule has 0 bridgehead atoms. The van der Waals surface area contributed by atoms with Crippen LogP contribution in [0.3, 0.4) is 0 Å². The lowest BCUT2D eigenvalue weighted by atomic mass is 10.1. The molecule has 84 valence electrons. The van der Waals surface area contributed by atoms with Crippen molar-refractivity contribution >= 4 is 17.4 Å². The predicted octanol–water partition coefficient (Wildman–Crippen LogP) is 1.53. The number of anilines is 1. The molecule has 0 spiro atoms. The number of hydrogen-bond acceptors (Lipinski definition) is 4. The lowest BCUT2D eigenvalue weighted by Gasteiger charge is -2.31. The van der Waals surface area contributed by atoms with Crippen LogP contribution in [0, 0.1) is 11.3 Å². The first-order valence-corrected chi connectivity index (χ1v) is 5.65. The van der Waals surface area contributed by atoms with Gasteiger partial charge in [-0.05, 0) is 25.0 Å². The molecule has 4 nitrogen and oxygen atoms in total. The van der Waals surface area contributed by atoms with Crippen molar-refractivity contribution in [3.63, 3.8) is 0 Å². The van der Waals surface area contributed by atoms with E-state index in [1.165, 1.54) is 0 Å². The molecule has 1 aliphatic heterocycles. The summed E-state index contributed by atoms with van der Waals surface area (Å²) >= 11 is 5.86. The summed E-state index contributed by atoms with van der Waals surface area (Å²) in [7, 11) is 0. The highest BCUT2D eigenvalue weighted by atomic mass is 35.5. The fourth-order valence-electron chi connectivity index (χ4n) is 1.84. The van der Waals surface area contributed by atoms with Gasteiger partial charge in [0, 0.05) is 19.1 Å². The molecule has 0 amide bonds. The summed E-state index contributed by atoms with van der Waals surface area (Å²) in [6, 6.07) is 5.70. The van der Waals surface area contributed by atoms with E-state index in [9.17, 15) is 0 Å². The molecule has 2 N–H and O–H groups in total. The summed E-state index contributed by atoms with van der Waals surface area (Å²) in [4.78, 5) is 6.35. The largest absolute Gasteiger partial charge is 0.356 e. The lowest BCUT2D eigenvalue weighted by molar-refractivity contribution is 0.498. The standard InChI is InChI=1S/C11H13ClN4/c12-10-5-8(7-13)6-11(15-10)16-3-1-9(14)2-4-16/h5-6,9H,1-4,14H2. The number of nitriles is 1. The number of pyridine rings is 1. The number of nitrogens with zero attached hydrogens (tertiary/aromatic N) is 3. The molecule has 0 radical (unpaired) electrons. The molecule has 0 aromatic carbocycles. The molecule has 2 heterocycles. The topological polar surface area (TPSA) is 65.9 Å². The molecule has 1 aromatic rings. The third kappa shape index (κ3) is 2.43. The van der Waals surface area contributed by atoms with Crippen molar-refractivity contribution in [3.05, 3.63) is 22.8 Å². The fourth-order valence-corrected chi connectivity index (χ4v) is 2.04. The highest BCUT2D eigenvalue weighted by Gasteiger charge is 2.17. The maximum atomic E-state index is 8.85. The Morgan fingerprint density at radius 3 is 2.75 bits per heavy atom. The minimum Gasteiger partial charge on any atom is -0.356 e. The van der Waals surface area contributed by atoms with Crippen molar-refractivity contribution in [1.82, 2.24) is 4.98 Å². The summed E-state index contributed by atoms with van der Waals surface area (Å²) in [5, 5.41) is 9.22. The Kier molecular flexibility index (Phi) is 3.28. The van der Waals surface area contributed by atoms with E-state index in [-0.39, 0.29) is 6.04 Å². The Labute approximate surface area is 99.6 Å².